The van der Waals surface area contributed by atoms with Gasteiger partial charge in [-0.15, -0.1) is 0 Å². The van der Waals surface area contributed by atoms with Crippen LogP contribution in [0.1, 0.15) is 15.9 Å². The topological polar surface area (TPSA) is 62.2 Å². The van der Waals surface area contributed by atoms with E-state index < -0.39 is 5.97 Å². The van der Waals surface area contributed by atoms with Crippen LogP contribution >= 0.6 is 23.2 Å². The van der Waals surface area contributed by atoms with Gasteiger partial charge in [-0.3, -0.25) is 0 Å². The molecule has 1 heterocycles. The van der Waals surface area contributed by atoms with Crippen molar-refractivity contribution >= 4 is 40.7 Å². The monoisotopic (exact) mass is 314 g/mol. The third-order valence-corrected chi connectivity index (χ3v) is 3.28. The molecule has 0 bridgehead atoms. The lowest BCUT2D eigenvalue weighted by Crippen LogP contribution is -2.06. The Morgan fingerprint density at radius 1 is 1.35 bits per heavy atom. The van der Waals surface area contributed by atoms with Crippen LogP contribution in [0.2, 0.25) is 10.2 Å². The van der Waals surface area contributed by atoms with Gasteiger partial charge in [0.1, 0.15) is 22.4 Å². The van der Waals surface area contributed by atoms with Crippen LogP contribution in [-0.2, 0) is 0 Å². The zero-order chi connectivity index (χ0) is 14.9. The van der Waals surface area contributed by atoms with E-state index in [2.05, 4.69) is 10.3 Å². The maximum atomic E-state index is 13.0. The molecule has 4 nitrogen and oxygen atoms in total. The molecule has 0 aliphatic carbocycles. The molecule has 0 fully saturated rings. The van der Waals surface area contributed by atoms with Crippen LogP contribution in [0.15, 0.2) is 24.3 Å². The van der Waals surface area contributed by atoms with Gasteiger partial charge in [-0.05, 0) is 36.8 Å². The molecule has 1 aromatic carbocycles. The molecule has 2 rings (SSSR count). The predicted molar refractivity (Wildman–Crippen MR) is 75.6 cm³/mol. The minimum absolute atomic E-state index is 0.0149. The highest BCUT2D eigenvalue weighted by Crippen LogP contribution is 2.28. The molecule has 0 atom stereocenters. The van der Waals surface area contributed by atoms with Gasteiger partial charge in [0.25, 0.3) is 0 Å². The van der Waals surface area contributed by atoms with Crippen molar-refractivity contribution in [3.63, 3.8) is 0 Å². The number of hydrogen-bond donors (Lipinski definition) is 2. The first kappa shape index (κ1) is 14.6. The number of rotatable bonds is 3. The SMILES string of the molecule is Cc1cc(F)ccc1Nc1nc(Cl)c(Cl)cc1C(=O)O. The summed E-state index contributed by atoms with van der Waals surface area (Å²) in [6.07, 6.45) is 0. The van der Waals surface area contributed by atoms with E-state index >= 15 is 0 Å². The Balaban J connectivity index is 2.47. The smallest absolute Gasteiger partial charge is 0.339 e. The second-order valence-corrected chi connectivity index (χ2v) is 4.81. The molecule has 1 aromatic heterocycles. The summed E-state index contributed by atoms with van der Waals surface area (Å²) in [5.41, 5.74) is 1.01. The molecule has 0 aliphatic heterocycles. The lowest BCUT2D eigenvalue weighted by molar-refractivity contribution is 0.0697. The first-order valence-corrected chi connectivity index (χ1v) is 6.26. The van der Waals surface area contributed by atoms with Crippen LogP contribution in [-0.4, -0.2) is 16.1 Å². The minimum atomic E-state index is -1.20. The maximum absolute atomic E-state index is 13.0. The molecule has 0 spiro atoms. The van der Waals surface area contributed by atoms with Crippen LogP contribution in [0, 0.1) is 12.7 Å². The van der Waals surface area contributed by atoms with E-state index in [1.807, 2.05) is 0 Å². The third kappa shape index (κ3) is 3.00. The van der Waals surface area contributed by atoms with Crippen molar-refractivity contribution in [2.24, 2.45) is 0 Å². The number of aromatic carboxylic acids is 1. The summed E-state index contributed by atoms with van der Waals surface area (Å²) in [6.45, 7) is 1.68. The van der Waals surface area contributed by atoms with Crippen molar-refractivity contribution in [3.05, 3.63) is 51.4 Å². The Bertz CT molecular complexity index is 692. The van der Waals surface area contributed by atoms with Gasteiger partial charge in [-0.1, -0.05) is 23.2 Å². The van der Waals surface area contributed by atoms with Gasteiger partial charge in [0, 0.05) is 5.69 Å². The van der Waals surface area contributed by atoms with E-state index in [-0.39, 0.29) is 27.4 Å². The van der Waals surface area contributed by atoms with Crippen LogP contribution in [0.4, 0.5) is 15.9 Å². The number of halogens is 3. The number of aromatic nitrogens is 1. The molecule has 0 saturated heterocycles. The molecule has 0 unspecified atom stereocenters. The normalized spacial score (nSPS) is 10.4. The summed E-state index contributed by atoms with van der Waals surface area (Å²) < 4.78 is 13.0. The van der Waals surface area contributed by atoms with Gasteiger partial charge >= 0.3 is 5.97 Å². The number of carboxylic acid groups (broad SMARTS) is 1. The standard InChI is InChI=1S/C13H9Cl2FN2O2/c1-6-4-7(16)2-3-10(6)17-12-8(13(19)20)5-9(14)11(15)18-12/h2-5H,1H3,(H,17,18)(H,19,20). The number of anilines is 2. The van der Waals surface area contributed by atoms with Crippen molar-refractivity contribution in [2.45, 2.75) is 6.92 Å². The number of pyridine rings is 1. The van der Waals surface area contributed by atoms with Crippen molar-refractivity contribution in [2.75, 3.05) is 5.32 Å². The summed E-state index contributed by atoms with van der Waals surface area (Å²) in [5.74, 6) is -1.53. The predicted octanol–water partition coefficient (Wildman–Crippen LogP) is 4.28. The molecule has 104 valence electrons. The first-order chi connectivity index (χ1) is 9.38. The lowest BCUT2D eigenvalue weighted by Gasteiger charge is -2.12. The molecule has 7 heteroatoms. The second-order valence-electron chi connectivity index (χ2n) is 4.05. The third-order valence-electron chi connectivity index (χ3n) is 2.61. The fraction of sp³-hybridized carbons (Fsp3) is 0.0769. The van der Waals surface area contributed by atoms with Crippen molar-refractivity contribution in [3.8, 4) is 0 Å². The van der Waals surface area contributed by atoms with E-state index in [0.29, 0.717) is 11.3 Å². The van der Waals surface area contributed by atoms with Gasteiger partial charge in [0.2, 0.25) is 0 Å². The molecule has 0 radical (unpaired) electrons. The minimum Gasteiger partial charge on any atom is -0.478 e. The lowest BCUT2D eigenvalue weighted by atomic mass is 10.2. The van der Waals surface area contributed by atoms with Crippen molar-refractivity contribution in [1.29, 1.82) is 0 Å². The van der Waals surface area contributed by atoms with Gasteiger partial charge < -0.3 is 10.4 Å². The van der Waals surface area contributed by atoms with E-state index in [1.54, 1.807) is 6.92 Å². The summed E-state index contributed by atoms with van der Waals surface area (Å²) in [5, 5.41) is 12.0. The number of nitrogens with zero attached hydrogens (tertiary/aromatic N) is 1. The zero-order valence-electron chi connectivity index (χ0n) is 10.2. The van der Waals surface area contributed by atoms with Gasteiger partial charge in [0.05, 0.1) is 5.02 Å². The summed E-state index contributed by atoms with van der Waals surface area (Å²) in [4.78, 5) is 15.1. The molecular weight excluding hydrogens is 306 g/mol. The number of benzene rings is 1. The highest BCUT2D eigenvalue weighted by molar-refractivity contribution is 6.41. The number of hydrogen-bond acceptors (Lipinski definition) is 3. The second kappa shape index (κ2) is 5.64. The highest BCUT2D eigenvalue weighted by Gasteiger charge is 2.16. The van der Waals surface area contributed by atoms with E-state index in [1.165, 1.54) is 24.3 Å². The largest absolute Gasteiger partial charge is 0.478 e. The molecule has 0 aliphatic rings. The van der Waals surface area contributed by atoms with Gasteiger partial charge in [-0.25, -0.2) is 14.2 Å². The Labute approximate surface area is 124 Å². The summed E-state index contributed by atoms with van der Waals surface area (Å²) in [7, 11) is 0. The fourth-order valence-electron chi connectivity index (χ4n) is 1.62. The van der Waals surface area contributed by atoms with E-state index in [4.69, 9.17) is 28.3 Å². The number of carbonyl (C=O) groups is 1. The quantitative estimate of drug-likeness (QED) is 0.830. The number of aryl methyl sites for hydroxylation is 1. The average Bonchev–Trinajstić information content (AvgIpc) is 2.36. The average molecular weight is 315 g/mol. The van der Waals surface area contributed by atoms with Crippen molar-refractivity contribution < 1.29 is 14.3 Å². The zero-order valence-corrected chi connectivity index (χ0v) is 11.8. The van der Waals surface area contributed by atoms with E-state index in [0.717, 1.165) is 0 Å². The number of nitrogens with one attached hydrogen (secondary N) is 1. The Morgan fingerprint density at radius 2 is 2.05 bits per heavy atom. The summed E-state index contributed by atoms with van der Waals surface area (Å²) >= 11 is 11.5. The molecule has 0 amide bonds. The Morgan fingerprint density at radius 3 is 2.65 bits per heavy atom. The Kier molecular flexibility index (Phi) is 4.11. The Hall–Kier alpha value is -1.85. The van der Waals surface area contributed by atoms with Crippen LogP contribution < -0.4 is 5.32 Å². The van der Waals surface area contributed by atoms with Crippen molar-refractivity contribution in [1.82, 2.24) is 4.98 Å². The molecule has 2 N–H and O–H groups in total. The van der Waals surface area contributed by atoms with Gasteiger partial charge in [0.15, 0.2) is 0 Å². The molecular formula is C13H9Cl2FN2O2. The first-order valence-electron chi connectivity index (χ1n) is 5.51. The van der Waals surface area contributed by atoms with Gasteiger partial charge in [-0.2, -0.15) is 0 Å². The van der Waals surface area contributed by atoms with Crippen LogP contribution in [0.5, 0.6) is 0 Å². The van der Waals surface area contributed by atoms with Crippen LogP contribution in [0.3, 0.4) is 0 Å². The summed E-state index contributed by atoms with van der Waals surface area (Å²) in [6, 6.07) is 5.27. The van der Waals surface area contributed by atoms with E-state index in [9.17, 15) is 9.18 Å². The highest BCUT2D eigenvalue weighted by atomic mass is 35.5. The fourth-order valence-corrected chi connectivity index (χ4v) is 1.91. The molecule has 20 heavy (non-hydrogen) atoms. The maximum Gasteiger partial charge on any atom is 0.339 e. The van der Waals surface area contributed by atoms with Crippen LogP contribution in [0.25, 0.3) is 0 Å². The molecule has 2 aromatic rings. The number of carboxylic acids is 1. The molecule has 0 saturated carbocycles.